The molecule has 5 N–H and O–H groups in total. The number of nitrogens with zero attached hydrogens (tertiary/aromatic N) is 6. The van der Waals surface area contributed by atoms with Crippen molar-refractivity contribution in [1.29, 1.82) is 0 Å². The van der Waals surface area contributed by atoms with Gasteiger partial charge in [0, 0.05) is 23.5 Å². The number of ether oxygens (including phenoxy) is 1. The maximum Gasteiger partial charge on any atom is 0.167 e. The van der Waals surface area contributed by atoms with Crippen molar-refractivity contribution in [2.24, 2.45) is 5.92 Å². The number of likely N-dealkylation sites (N-methyl/N-ethyl adjacent to an activating group) is 1. The van der Waals surface area contributed by atoms with Crippen molar-refractivity contribution >= 4 is 43.9 Å². The van der Waals surface area contributed by atoms with Gasteiger partial charge in [0.1, 0.15) is 36.0 Å². The quantitative estimate of drug-likeness (QED) is 0.268. The number of aromatic nitrogens is 6. The van der Waals surface area contributed by atoms with E-state index in [1.807, 2.05) is 25.2 Å². The fourth-order valence-corrected chi connectivity index (χ4v) is 5.74. The van der Waals surface area contributed by atoms with Gasteiger partial charge in [-0.15, -0.1) is 0 Å². The van der Waals surface area contributed by atoms with Crippen LogP contribution in [-0.4, -0.2) is 82.5 Å². The van der Waals surface area contributed by atoms with E-state index in [9.17, 15) is 10.2 Å². The maximum atomic E-state index is 10.7. The van der Waals surface area contributed by atoms with Crippen LogP contribution in [0, 0.1) is 5.92 Å². The lowest BCUT2D eigenvalue weighted by Crippen LogP contribution is -2.47. The lowest BCUT2D eigenvalue weighted by atomic mass is 9.76. The van der Waals surface area contributed by atoms with Gasteiger partial charge in [0.2, 0.25) is 0 Å². The Morgan fingerprint density at radius 2 is 2.06 bits per heavy atom. The number of imidazole rings is 2. The van der Waals surface area contributed by atoms with E-state index in [0.29, 0.717) is 29.7 Å². The number of aromatic amines is 1. The highest BCUT2D eigenvalue weighted by molar-refractivity contribution is 9.10. The number of aryl methyl sites for hydroxylation is 1. The van der Waals surface area contributed by atoms with Crippen LogP contribution in [0.15, 0.2) is 35.3 Å². The Bertz CT molecular complexity index is 1390. The number of benzene rings is 1. The van der Waals surface area contributed by atoms with Crippen LogP contribution in [-0.2, 0) is 11.2 Å². The molecule has 3 aromatic heterocycles. The summed E-state index contributed by atoms with van der Waals surface area (Å²) < 4.78 is 8.74. The second-order valence-electron chi connectivity index (χ2n) is 9.94. The molecule has 1 saturated carbocycles. The zero-order chi connectivity index (χ0) is 25.0. The van der Waals surface area contributed by atoms with Crippen LogP contribution < -0.4 is 5.73 Å². The molecule has 0 unspecified atom stereocenters. The molecule has 4 heterocycles. The molecule has 0 bridgehead atoms. The Balaban J connectivity index is 1.02. The molecule has 1 saturated heterocycles. The molecule has 0 radical (unpaired) electrons. The summed E-state index contributed by atoms with van der Waals surface area (Å²) in [5, 5.41) is 21.4. The molecule has 1 aliphatic carbocycles. The predicted molar refractivity (Wildman–Crippen MR) is 137 cm³/mol. The van der Waals surface area contributed by atoms with Crippen molar-refractivity contribution in [2.45, 2.75) is 56.3 Å². The number of hydrogen-bond donors (Lipinski definition) is 4. The average Bonchev–Trinajstić information content (AvgIpc) is 3.50. The lowest BCUT2D eigenvalue weighted by Gasteiger charge is -2.42. The van der Waals surface area contributed by atoms with Crippen molar-refractivity contribution in [2.75, 3.05) is 19.3 Å². The van der Waals surface area contributed by atoms with E-state index in [1.165, 1.54) is 12.7 Å². The van der Waals surface area contributed by atoms with Gasteiger partial charge >= 0.3 is 0 Å². The molecule has 1 aromatic carbocycles. The van der Waals surface area contributed by atoms with E-state index in [2.05, 4.69) is 40.8 Å². The van der Waals surface area contributed by atoms with Gasteiger partial charge in [0.05, 0.1) is 17.4 Å². The van der Waals surface area contributed by atoms with Crippen LogP contribution >= 0.6 is 15.9 Å². The number of hydrogen-bond acceptors (Lipinski definition) is 9. The minimum Gasteiger partial charge on any atom is -0.387 e. The van der Waals surface area contributed by atoms with E-state index >= 15 is 0 Å². The summed E-state index contributed by atoms with van der Waals surface area (Å²) in [6.07, 6.45) is 3.63. The normalized spacial score (nSPS) is 28.4. The van der Waals surface area contributed by atoms with Gasteiger partial charge in [0.25, 0.3) is 0 Å². The van der Waals surface area contributed by atoms with Crippen molar-refractivity contribution < 1.29 is 14.9 Å². The Hall–Kier alpha value is -2.64. The molecule has 11 nitrogen and oxygen atoms in total. The van der Waals surface area contributed by atoms with Crippen LogP contribution in [0.5, 0.6) is 0 Å². The number of nitrogens with two attached hydrogens (primary N) is 1. The molecule has 2 fully saturated rings. The molecule has 12 heteroatoms. The number of anilines is 1. The standard InChI is InChI=1S/C24H29BrN8O3/c1-32(14-6-12(7-14)2-5-18-30-15-4-3-13(25)8-16(15)31-18)9-17-20(34)21(35)24(36-17)33-11-29-19-22(26)27-10-28-23(19)33/h3-4,8,10-12,14,17,20-21,24,34-35H,2,5-7,9H2,1H3,(H,30,31)(H2,26,27,28)/t12?,14?,17-,20-,21-,24-/m1/s1. The fourth-order valence-electron chi connectivity index (χ4n) is 5.39. The van der Waals surface area contributed by atoms with E-state index in [1.54, 1.807) is 4.57 Å². The van der Waals surface area contributed by atoms with Crippen molar-refractivity contribution in [1.82, 2.24) is 34.4 Å². The number of H-pyrrole nitrogens is 1. The summed E-state index contributed by atoms with van der Waals surface area (Å²) in [4.78, 5) is 22.8. The van der Waals surface area contributed by atoms with Crippen LogP contribution in [0.3, 0.4) is 0 Å². The number of halogens is 1. The van der Waals surface area contributed by atoms with Crippen molar-refractivity contribution in [3.05, 3.63) is 41.2 Å². The number of fused-ring (bicyclic) bond motifs is 2. The molecule has 4 atom stereocenters. The number of aliphatic hydroxyl groups excluding tert-OH is 2. The first kappa shape index (κ1) is 23.7. The largest absolute Gasteiger partial charge is 0.387 e. The third-order valence-corrected chi connectivity index (χ3v) is 8.08. The van der Waals surface area contributed by atoms with Gasteiger partial charge in [-0.05, 0) is 50.4 Å². The number of nitrogen functional groups attached to an aromatic ring is 1. The minimum absolute atomic E-state index is 0.260. The van der Waals surface area contributed by atoms with Gasteiger partial charge in [0.15, 0.2) is 17.7 Å². The highest BCUT2D eigenvalue weighted by atomic mass is 79.9. The average molecular weight is 557 g/mol. The maximum absolute atomic E-state index is 10.7. The molecular weight excluding hydrogens is 528 g/mol. The second kappa shape index (κ2) is 9.34. The van der Waals surface area contributed by atoms with Crippen LogP contribution in [0.25, 0.3) is 22.2 Å². The van der Waals surface area contributed by atoms with Gasteiger partial charge in [-0.3, -0.25) is 4.57 Å². The van der Waals surface area contributed by atoms with Gasteiger partial charge in [-0.1, -0.05) is 15.9 Å². The monoisotopic (exact) mass is 556 g/mol. The molecule has 6 rings (SSSR count). The van der Waals surface area contributed by atoms with Crippen molar-refractivity contribution in [3.8, 4) is 0 Å². The predicted octanol–water partition coefficient (Wildman–Crippen LogP) is 2.01. The minimum atomic E-state index is -1.10. The fraction of sp³-hybridized carbons (Fsp3) is 0.500. The van der Waals surface area contributed by atoms with E-state index in [-0.39, 0.29) is 5.82 Å². The molecule has 0 amide bonds. The lowest BCUT2D eigenvalue weighted by molar-refractivity contribution is -0.0514. The summed E-state index contributed by atoms with van der Waals surface area (Å²) >= 11 is 3.50. The zero-order valence-corrected chi connectivity index (χ0v) is 21.4. The third-order valence-electron chi connectivity index (χ3n) is 7.58. The van der Waals surface area contributed by atoms with E-state index in [0.717, 1.165) is 47.0 Å². The van der Waals surface area contributed by atoms with E-state index < -0.39 is 24.5 Å². The molecule has 4 aromatic rings. The Kier molecular flexibility index (Phi) is 6.16. The molecule has 190 valence electrons. The Morgan fingerprint density at radius 3 is 2.89 bits per heavy atom. The Labute approximate surface area is 215 Å². The summed E-state index contributed by atoms with van der Waals surface area (Å²) in [5.41, 5.74) is 8.83. The highest BCUT2D eigenvalue weighted by Crippen LogP contribution is 2.37. The van der Waals surface area contributed by atoms with Gasteiger partial charge in [-0.2, -0.15) is 0 Å². The molecule has 0 spiro atoms. The Morgan fingerprint density at radius 1 is 1.22 bits per heavy atom. The molecule has 1 aliphatic heterocycles. The van der Waals surface area contributed by atoms with E-state index in [4.69, 9.17) is 15.5 Å². The van der Waals surface area contributed by atoms with Gasteiger partial charge < -0.3 is 30.6 Å². The third kappa shape index (κ3) is 4.26. The van der Waals surface area contributed by atoms with Gasteiger partial charge in [-0.25, -0.2) is 19.9 Å². The van der Waals surface area contributed by atoms with Crippen LogP contribution in [0.1, 0.15) is 31.3 Å². The van der Waals surface area contributed by atoms with Crippen LogP contribution in [0.4, 0.5) is 5.82 Å². The number of aliphatic hydroxyl groups is 2. The summed E-state index contributed by atoms with van der Waals surface area (Å²) in [7, 11) is 2.05. The molecular formula is C24H29BrN8O3. The SMILES string of the molecule is CN(C[C@H]1O[C@@H](n2cnc3c(N)ncnc32)[C@H](O)[C@@H]1O)C1CC(CCc2nc3cc(Br)ccc3[nH]2)C1. The van der Waals surface area contributed by atoms with Crippen molar-refractivity contribution in [3.63, 3.8) is 0 Å². The topological polar surface area (TPSA) is 151 Å². The second-order valence-corrected chi connectivity index (χ2v) is 10.9. The zero-order valence-electron chi connectivity index (χ0n) is 19.8. The van der Waals surface area contributed by atoms with Crippen LogP contribution in [0.2, 0.25) is 0 Å². The first-order valence-electron chi connectivity index (χ1n) is 12.2. The summed E-state index contributed by atoms with van der Waals surface area (Å²) in [6, 6.07) is 6.52. The summed E-state index contributed by atoms with van der Waals surface area (Å²) in [5.74, 6) is 1.94. The number of rotatable bonds is 7. The highest BCUT2D eigenvalue weighted by Gasteiger charge is 2.45. The smallest absolute Gasteiger partial charge is 0.167 e. The molecule has 2 aliphatic rings. The first-order chi connectivity index (χ1) is 17.4. The first-order valence-corrected chi connectivity index (χ1v) is 13.0. The molecule has 36 heavy (non-hydrogen) atoms. The number of nitrogens with one attached hydrogen (secondary N) is 1. The summed E-state index contributed by atoms with van der Waals surface area (Å²) in [6.45, 7) is 0.522.